The molecule has 0 spiro atoms. The second-order valence-electron chi connectivity index (χ2n) is 7.75. The molecule has 0 aromatic heterocycles. The van der Waals surface area contributed by atoms with E-state index in [1.54, 1.807) is 7.11 Å². The minimum atomic E-state index is -0.366. The number of hydrogen-bond donors (Lipinski definition) is 1. The highest BCUT2D eigenvalue weighted by Crippen LogP contribution is 2.41. The Morgan fingerprint density at radius 1 is 1.12 bits per heavy atom. The van der Waals surface area contributed by atoms with E-state index in [1.165, 1.54) is 5.56 Å². The van der Waals surface area contributed by atoms with Crippen LogP contribution in [-0.4, -0.2) is 18.6 Å². The third-order valence-electron chi connectivity index (χ3n) is 5.07. The molecule has 0 radical (unpaired) electrons. The normalized spacial score (nSPS) is 17.8. The predicted octanol–water partition coefficient (Wildman–Crippen LogP) is 4.65. The lowest BCUT2D eigenvalue weighted by Gasteiger charge is -2.38. The summed E-state index contributed by atoms with van der Waals surface area (Å²) in [5.41, 5.74) is 4.66. The van der Waals surface area contributed by atoms with Crippen LogP contribution in [0.5, 0.6) is 11.5 Å². The Morgan fingerprint density at radius 3 is 2.50 bits per heavy atom. The minimum absolute atomic E-state index is 0.0462. The number of ether oxygens (including phenoxy) is 2. The smallest absolute Gasteiger partial charge is 0.252 e. The van der Waals surface area contributed by atoms with E-state index >= 15 is 0 Å². The summed E-state index contributed by atoms with van der Waals surface area (Å²) in [4.78, 5) is 13.0. The number of fused-ring (bicyclic) bond motifs is 1. The van der Waals surface area contributed by atoms with Crippen molar-refractivity contribution < 1.29 is 14.3 Å². The van der Waals surface area contributed by atoms with Gasteiger partial charge in [0.25, 0.3) is 5.91 Å². The summed E-state index contributed by atoms with van der Waals surface area (Å²) >= 11 is 0. The van der Waals surface area contributed by atoms with Gasteiger partial charge in [-0.15, -0.1) is 0 Å². The molecule has 0 aliphatic carbocycles. The third kappa shape index (κ3) is 3.55. The van der Waals surface area contributed by atoms with E-state index < -0.39 is 0 Å². The second kappa shape index (κ2) is 6.67. The van der Waals surface area contributed by atoms with Gasteiger partial charge in [-0.1, -0.05) is 6.07 Å². The molecule has 0 saturated heterocycles. The molecule has 1 amide bonds. The highest BCUT2D eigenvalue weighted by Gasteiger charge is 2.35. The lowest BCUT2D eigenvalue weighted by Crippen LogP contribution is -2.41. The Balaban J connectivity index is 1.92. The molecule has 2 aromatic carbocycles. The Bertz CT molecular complexity index is 855. The van der Waals surface area contributed by atoms with Gasteiger partial charge in [-0.25, -0.2) is 0 Å². The van der Waals surface area contributed by atoms with E-state index in [2.05, 4.69) is 18.3 Å². The maximum atomic E-state index is 13.0. The molecule has 4 heteroatoms. The molecular weight excluding hydrogens is 326 g/mol. The highest BCUT2D eigenvalue weighted by atomic mass is 16.5. The van der Waals surface area contributed by atoms with Gasteiger partial charge in [-0.2, -0.15) is 0 Å². The van der Waals surface area contributed by atoms with Gasteiger partial charge in [-0.3, -0.25) is 4.79 Å². The number of hydrogen-bond acceptors (Lipinski definition) is 3. The molecule has 1 aliphatic rings. The molecule has 3 rings (SSSR count). The number of methoxy groups -OCH3 is 1. The number of amides is 1. The van der Waals surface area contributed by atoms with Crippen molar-refractivity contribution in [2.75, 3.05) is 7.11 Å². The van der Waals surface area contributed by atoms with E-state index in [0.717, 1.165) is 33.8 Å². The molecule has 1 unspecified atom stereocenters. The summed E-state index contributed by atoms with van der Waals surface area (Å²) in [7, 11) is 1.64. The first-order valence-corrected chi connectivity index (χ1v) is 8.96. The Kier molecular flexibility index (Phi) is 4.70. The fourth-order valence-corrected chi connectivity index (χ4v) is 3.53. The maximum Gasteiger partial charge on any atom is 0.252 e. The summed E-state index contributed by atoms with van der Waals surface area (Å²) in [5.74, 6) is 1.47. The highest BCUT2D eigenvalue weighted by molar-refractivity contribution is 5.96. The van der Waals surface area contributed by atoms with Crippen LogP contribution in [0.25, 0.3) is 0 Å². The van der Waals surface area contributed by atoms with Gasteiger partial charge in [0.2, 0.25) is 0 Å². The topological polar surface area (TPSA) is 47.6 Å². The summed E-state index contributed by atoms with van der Waals surface area (Å²) < 4.78 is 11.4. The van der Waals surface area contributed by atoms with Crippen molar-refractivity contribution >= 4 is 5.91 Å². The predicted molar refractivity (Wildman–Crippen MR) is 103 cm³/mol. The fraction of sp³-hybridized carbons (Fsp3) is 0.409. The van der Waals surface area contributed by atoms with Crippen LogP contribution in [0.2, 0.25) is 0 Å². The molecule has 138 valence electrons. The van der Waals surface area contributed by atoms with Crippen LogP contribution >= 0.6 is 0 Å². The van der Waals surface area contributed by atoms with Gasteiger partial charge in [-0.05, 0) is 69.5 Å². The number of nitrogens with one attached hydrogen (secondary N) is 1. The van der Waals surface area contributed by atoms with Gasteiger partial charge in [0.15, 0.2) is 0 Å². The van der Waals surface area contributed by atoms with Crippen molar-refractivity contribution in [2.24, 2.45) is 0 Å². The van der Waals surface area contributed by atoms with Crippen LogP contribution in [0.4, 0.5) is 0 Å². The molecular formula is C22H27NO3. The zero-order valence-electron chi connectivity index (χ0n) is 16.4. The van der Waals surface area contributed by atoms with Gasteiger partial charge in [0.05, 0.1) is 13.2 Å². The largest absolute Gasteiger partial charge is 0.497 e. The summed E-state index contributed by atoms with van der Waals surface area (Å²) in [6, 6.07) is 9.70. The number of carbonyl (C=O) groups is 1. The number of benzene rings is 2. The molecule has 1 atom stereocenters. The van der Waals surface area contributed by atoms with Gasteiger partial charge in [0.1, 0.15) is 17.1 Å². The van der Waals surface area contributed by atoms with Crippen molar-refractivity contribution in [3.05, 3.63) is 58.1 Å². The van der Waals surface area contributed by atoms with E-state index in [4.69, 9.17) is 9.47 Å². The zero-order chi connectivity index (χ0) is 19.1. The lowest BCUT2D eigenvalue weighted by molar-refractivity contribution is 0.0617. The van der Waals surface area contributed by atoms with Crippen molar-refractivity contribution in [3.63, 3.8) is 0 Å². The second-order valence-corrected chi connectivity index (χ2v) is 7.75. The van der Waals surface area contributed by atoms with Gasteiger partial charge in [0, 0.05) is 23.6 Å². The monoisotopic (exact) mass is 353 g/mol. The fourth-order valence-electron chi connectivity index (χ4n) is 3.53. The third-order valence-corrected chi connectivity index (χ3v) is 5.07. The van der Waals surface area contributed by atoms with Crippen LogP contribution in [0.15, 0.2) is 30.3 Å². The molecule has 4 nitrogen and oxygen atoms in total. The Labute approximate surface area is 155 Å². The van der Waals surface area contributed by atoms with Crippen LogP contribution in [0.3, 0.4) is 0 Å². The van der Waals surface area contributed by atoms with E-state index in [9.17, 15) is 4.79 Å². The summed E-state index contributed by atoms with van der Waals surface area (Å²) in [6.07, 6.45) is 0.710. The molecule has 0 saturated carbocycles. The molecule has 1 heterocycles. The van der Waals surface area contributed by atoms with Crippen molar-refractivity contribution in [1.82, 2.24) is 5.32 Å². The first-order valence-electron chi connectivity index (χ1n) is 8.96. The molecule has 26 heavy (non-hydrogen) atoms. The summed E-state index contributed by atoms with van der Waals surface area (Å²) in [6.45, 7) is 10.2. The number of rotatable bonds is 3. The maximum absolute atomic E-state index is 13.0. The average molecular weight is 353 g/mol. The van der Waals surface area contributed by atoms with E-state index in [0.29, 0.717) is 6.42 Å². The number of carbonyl (C=O) groups excluding carboxylic acids is 1. The first-order chi connectivity index (χ1) is 12.2. The molecule has 0 fully saturated rings. The van der Waals surface area contributed by atoms with Crippen molar-refractivity contribution in [3.8, 4) is 11.5 Å². The zero-order valence-corrected chi connectivity index (χ0v) is 16.4. The minimum Gasteiger partial charge on any atom is -0.497 e. The molecule has 2 aromatic rings. The van der Waals surface area contributed by atoms with Crippen LogP contribution in [0.1, 0.15) is 58.9 Å². The summed E-state index contributed by atoms with van der Waals surface area (Å²) in [5, 5.41) is 3.21. The SMILES string of the molecule is COc1ccc2c(c1)OC(C)(C)CC2NC(=O)c1cc(C)c(C)cc1C. The standard InChI is InChI=1S/C22H27NO3/c1-13-9-15(3)18(10-14(13)2)21(24)23-19-12-22(4,5)26-20-11-16(25-6)7-8-17(19)20/h7-11,19H,12H2,1-6H3,(H,23,24). The Hall–Kier alpha value is -2.49. The van der Waals surface area contributed by atoms with Crippen LogP contribution in [0, 0.1) is 20.8 Å². The van der Waals surface area contributed by atoms with Crippen molar-refractivity contribution in [2.45, 2.75) is 52.7 Å². The van der Waals surface area contributed by atoms with Crippen LogP contribution in [-0.2, 0) is 0 Å². The van der Waals surface area contributed by atoms with Gasteiger partial charge < -0.3 is 14.8 Å². The Morgan fingerprint density at radius 2 is 1.81 bits per heavy atom. The van der Waals surface area contributed by atoms with Crippen molar-refractivity contribution in [1.29, 1.82) is 0 Å². The quantitative estimate of drug-likeness (QED) is 0.873. The average Bonchev–Trinajstić information content (AvgIpc) is 2.56. The number of aryl methyl sites for hydroxylation is 3. The van der Waals surface area contributed by atoms with E-state index in [1.807, 2.05) is 52.0 Å². The molecule has 1 aliphatic heterocycles. The lowest BCUT2D eigenvalue weighted by atomic mass is 9.89. The first kappa shape index (κ1) is 18.3. The van der Waals surface area contributed by atoms with Gasteiger partial charge >= 0.3 is 0 Å². The molecule has 1 N–H and O–H groups in total. The van der Waals surface area contributed by atoms with Crippen LogP contribution < -0.4 is 14.8 Å². The molecule has 0 bridgehead atoms. The van der Waals surface area contributed by atoms with E-state index in [-0.39, 0.29) is 17.6 Å².